The third-order valence-electron chi connectivity index (χ3n) is 1.33. The SMILES string of the molecule is C=C(O[Si](Cl)(Cl)Cl)c1ccccc1. The van der Waals surface area contributed by atoms with Crippen LogP contribution in [0.3, 0.4) is 0 Å². The summed E-state index contributed by atoms with van der Waals surface area (Å²) in [5.74, 6) is 0.396. The van der Waals surface area contributed by atoms with Crippen LogP contribution in [-0.2, 0) is 4.43 Å². The van der Waals surface area contributed by atoms with Gasteiger partial charge in [0.25, 0.3) is 0 Å². The van der Waals surface area contributed by atoms with Crippen molar-refractivity contribution in [2.75, 3.05) is 0 Å². The monoisotopic (exact) mass is 252 g/mol. The molecule has 0 spiro atoms. The Kier molecular flexibility index (Phi) is 3.68. The highest BCUT2D eigenvalue weighted by Crippen LogP contribution is 2.27. The smallest absolute Gasteiger partial charge is 0.508 e. The minimum Gasteiger partial charge on any atom is -0.508 e. The average Bonchev–Trinajstić information content (AvgIpc) is 2.03. The first-order chi connectivity index (χ1) is 5.99. The van der Waals surface area contributed by atoms with Crippen LogP contribution in [0.2, 0.25) is 0 Å². The molecule has 0 aliphatic rings. The molecule has 1 aromatic rings. The normalized spacial score (nSPS) is 11.0. The van der Waals surface area contributed by atoms with Gasteiger partial charge in [0.05, 0.1) is 0 Å². The van der Waals surface area contributed by atoms with Crippen LogP contribution in [0.1, 0.15) is 5.56 Å². The molecule has 0 heterocycles. The minimum atomic E-state index is -3.09. The lowest BCUT2D eigenvalue weighted by molar-refractivity contribution is 0.554. The van der Waals surface area contributed by atoms with Crippen LogP contribution in [-0.4, -0.2) is 6.25 Å². The van der Waals surface area contributed by atoms with E-state index in [1.807, 2.05) is 30.3 Å². The van der Waals surface area contributed by atoms with Crippen molar-refractivity contribution in [1.29, 1.82) is 0 Å². The van der Waals surface area contributed by atoms with Gasteiger partial charge >= 0.3 is 6.25 Å². The maximum atomic E-state index is 5.56. The second kappa shape index (κ2) is 4.38. The third kappa shape index (κ3) is 4.05. The molecule has 0 aliphatic heterocycles. The van der Waals surface area contributed by atoms with Crippen LogP contribution in [0.25, 0.3) is 5.76 Å². The van der Waals surface area contributed by atoms with E-state index in [1.165, 1.54) is 0 Å². The van der Waals surface area contributed by atoms with Gasteiger partial charge in [-0.25, -0.2) is 0 Å². The van der Waals surface area contributed by atoms with E-state index < -0.39 is 6.25 Å². The summed E-state index contributed by atoms with van der Waals surface area (Å²) >= 11 is 16.7. The summed E-state index contributed by atoms with van der Waals surface area (Å²) in [5.41, 5.74) is 0.821. The topological polar surface area (TPSA) is 9.23 Å². The summed E-state index contributed by atoms with van der Waals surface area (Å²) in [7, 11) is 0. The van der Waals surface area contributed by atoms with E-state index >= 15 is 0 Å². The molecule has 5 heteroatoms. The zero-order chi connectivity index (χ0) is 9.90. The van der Waals surface area contributed by atoms with Gasteiger partial charge in [0, 0.05) is 5.56 Å². The van der Waals surface area contributed by atoms with Gasteiger partial charge in [-0.1, -0.05) is 70.1 Å². The molecule has 0 saturated carbocycles. The molecule has 0 amide bonds. The van der Waals surface area contributed by atoms with Crippen LogP contribution in [0.5, 0.6) is 0 Å². The van der Waals surface area contributed by atoms with E-state index in [9.17, 15) is 0 Å². The molecule has 1 rings (SSSR count). The second-order valence-corrected chi connectivity index (χ2v) is 9.96. The van der Waals surface area contributed by atoms with E-state index in [4.69, 9.17) is 37.7 Å². The molecule has 0 N–H and O–H groups in total. The number of hydrogen-bond acceptors (Lipinski definition) is 1. The summed E-state index contributed by atoms with van der Waals surface area (Å²) in [5, 5.41) is 0. The predicted octanol–water partition coefficient (Wildman–Crippen LogP) is 3.83. The lowest BCUT2D eigenvalue weighted by Gasteiger charge is -2.13. The van der Waals surface area contributed by atoms with Crippen molar-refractivity contribution in [1.82, 2.24) is 0 Å². The second-order valence-electron chi connectivity index (χ2n) is 2.34. The van der Waals surface area contributed by atoms with E-state index in [0.29, 0.717) is 5.76 Å². The van der Waals surface area contributed by atoms with E-state index in [0.717, 1.165) is 5.56 Å². The molecule has 0 bridgehead atoms. The van der Waals surface area contributed by atoms with Crippen molar-refractivity contribution in [2.45, 2.75) is 0 Å². The first-order valence-electron chi connectivity index (χ1n) is 3.49. The zero-order valence-electron chi connectivity index (χ0n) is 6.64. The Labute approximate surface area is 92.1 Å². The lowest BCUT2D eigenvalue weighted by Crippen LogP contribution is -2.14. The largest absolute Gasteiger partial charge is 0.555 e. The van der Waals surface area contributed by atoms with Gasteiger partial charge in [-0.05, 0) is 0 Å². The van der Waals surface area contributed by atoms with Crippen molar-refractivity contribution < 1.29 is 4.43 Å². The molecule has 0 atom stereocenters. The zero-order valence-corrected chi connectivity index (χ0v) is 9.90. The fourth-order valence-electron chi connectivity index (χ4n) is 0.823. The molecular weight excluding hydrogens is 247 g/mol. The Hall–Kier alpha value is -0.153. The Morgan fingerprint density at radius 3 is 2.15 bits per heavy atom. The molecule has 0 unspecified atom stereocenters. The molecule has 1 nitrogen and oxygen atoms in total. The first kappa shape index (κ1) is 10.9. The fraction of sp³-hybridized carbons (Fsp3) is 0. The summed E-state index contributed by atoms with van der Waals surface area (Å²) in [4.78, 5) is 0. The highest BCUT2D eigenvalue weighted by atomic mass is 35.8. The summed E-state index contributed by atoms with van der Waals surface area (Å²) in [6.07, 6.45) is -3.09. The Bertz CT molecular complexity index is 294. The maximum absolute atomic E-state index is 5.56. The van der Waals surface area contributed by atoms with Crippen molar-refractivity contribution in [3.8, 4) is 0 Å². The van der Waals surface area contributed by atoms with Crippen LogP contribution < -0.4 is 0 Å². The van der Waals surface area contributed by atoms with Crippen molar-refractivity contribution in [3.63, 3.8) is 0 Å². The van der Waals surface area contributed by atoms with Crippen LogP contribution in [0.15, 0.2) is 36.9 Å². The van der Waals surface area contributed by atoms with Crippen LogP contribution in [0.4, 0.5) is 0 Å². The quantitative estimate of drug-likeness (QED) is 0.452. The van der Waals surface area contributed by atoms with Gasteiger partial charge in [0.2, 0.25) is 0 Å². The Morgan fingerprint density at radius 2 is 1.69 bits per heavy atom. The molecule has 70 valence electrons. The summed E-state index contributed by atoms with van der Waals surface area (Å²) in [6.45, 7) is 3.67. The van der Waals surface area contributed by atoms with Gasteiger partial charge in [-0.15, -0.1) is 0 Å². The Morgan fingerprint density at radius 1 is 1.15 bits per heavy atom. The van der Waals surface area contributed by atoms with E-state index in [1.54, 1.807) is 0 Å². The molecule has 13 heavy (non-hydrogen) atoms. The van der Waals surface area contributed by atoms with Crippen molar-refractivity contribution in [3.05, 3.63) is 42.5 Å². The molecule has 0 aliphatic carbocycles. The van der Waals surface area contributed by atoms with E-state index in [-0.39, 0.29) is 0 Å². The molecule has 0 saturated heterocycles. The Balaban J connectivity index is 2.71. The average molecular weight is 254 g/mol. The molecule has 0 radical (unpaired) electrons. The van der Waals surface area contributed by atoms with Crippen molar-refractivity contribution >= 4 is 45.2 Å². The number of benzene rings is 1. The summed E-state index contributed by atoms with van der Waals surface area (Å²) in [6, 6.07) is 9.30. The van der Waals surface area contributed by atoms with Gasteiger partial charge in [-0.3, -0.25) is 0 Å². The standard InChI is InChI=1S/C8H7Cl3OSi/c1-7(12-13(9,10)11)8-5-3-2-4-6-8/h2-6H,1H2. The highest BCUT2D eigenvalue weighted by molar-refractivity contribution is 7.62. The van der Waals surface area contributed by atoms with E-state index in [2.05, 4.69) is 6.58 Å². The molecule has 1 aromatic carbocycles. The third-order valence-corrected chi connectivity index (χ3v) is 2.51. The minimum absolute atomic E-state index is 0.396. The highest BCUT2D eigenvalue weighted by Gasteiger charge is 2.30. The predicted molar refractivity (Wildman–Crippen MR) is 59.9 cm³/mol. The maximum Gasteiger partial charge on any atom is 0.555 e. The van der Waals surface area contributed by atoms with Gasteiger partial charge in [0.1, 0.15) is 5.76 Å². The number of halogens is 3. The fourth-order valence-corrected chi connectivity index (χ4v) is 2.06. The van der Waals surface area contributed by atoms with Crippen LogP contribution in [0, 0.1) is 0 Å². The lowest BCUT2D eigenvalue weighted by atomic mass is 10.2. The number of rotatable bonds is 3. The van der Waals surface area contributed by atoms with Gasteiger partial charge in [-0.2, -0.15) is 0 Å². The molecule has 0 aromatic heterocycles. The summed E-state index contributed by atoms with van der Waals surface area (Å²) < 4.78 is 5.06. The first-order valence-corrected chi connectivity index (χ1v) is 8.43. The van der Waals surface area contributed by atoms with Gasteiger partial charge < -0.3 is 4.43 Å². The van der Waals surface area contributed by atoms with Crippen molar-refractivity contribution in [2.24, 2.45) is 0 Å². The van der Waals surface area contributed by atoms with Crippen LogP contribution >= 0.6 is 33.2 Å². The molecule has 0 fully saturated rings. The number of hydrogen-bond donors (Lipinski definition) is 0. The molecular formula is C8H7Cl3OSi. The van der Waals surface area contributed by atoms with Gasteiger partial charge in [0.15, 0.2) is 0 Å².